The lowest BCUT2D eigenvalue weighted by Gasteiger charge is -2.18. The maximum absolute atomic E-state index is 13.4. The Bertz CT molecular complexity index is 1440. The van der Waals surface area contributed by atoms with E-state index in [1.807, 2.05) is 67.6 Å². The van der Waals surface area contributed by atoms with Crippen molar-refractivity contribution in [3.63, 3.8) is 0 Å². The Morgan fingerprint density at radius 3 is 2.22 bits per heavy atom. The number of nitro benzene ring substituents is 1. The number of nitrogens with one attached hydrogen (secondary N) is 2. The number of benzene rings is 4. The number of amides is 2. The minimum absolute atomic E-state index is 0.0286. The van der Waals surface area contributed by atoms with E-state index in [4.69, 9.17) is 0 Å². The summed E-state index contributed by atoms with van der Waals surface area (Å²) in [6, 6.07) is 28.4. The molecule has 1 unspecified atom stereocenters. The van der Waals surface area contributed by atoms with Gasteiger partial charge < -0.3 is 10.6 Å². The van der Waals surface area contributed by atoms with E-state index in [0.29, 0.717) is 22.5 Å². The predicted molar refractivity (Wildman–Crippen MR) is 147 cm³/mol. The molecule has 0 aliphatic carbocycles. The minimum atomic E-state index is -0.566. The van der Waals surface area contributed by atoms with Crippen molar-refractivity contribution in [1.82, 2.24) is 0 Å². The van der Waals surface area contributed by atoms with Gasteiger partial charge in [0.1, 0.15) is 5.25 Å². The van der Waals surface area contributed by atoms with Gasteiger partial charge in [-0.15, -0.1) is 11.8 Å². The van der Waals surface area contributed by atoms with E-state index in [9.17, 15) is 19.7 Å². The third-order valence-electron chi connectivity index (χ3n) is 5.67. The molecule has 7 nitrogen and oxygen atoms in total. The summed E-state index contributed by atoms with van der Waals surface area (Å²) in [6.45, 7) is 3.65. The molecule has 0 saturated heterocycles. The van der Waals surface area contributed by atoms with Crippen LogP contribution in [-0.4, -0.2) is 16.7 Å². The van der Waals surface area contributed by atoms with Crippen molar-refractivity contribution in [3.8, 4) is 0 Å². The summed E-state index contributed by atoms with van der Waals surface area (Å²) in [5.41, 5.74) is 4.16. The zero-order valence-corrected chi connectivity index (χ0v) is 21.1. The first-order valence-electron chi connectivity index (χ1n) is 11.6. The normalized spacial score (nSPS) is 11.4. The number of non-ortho nitro benzene ring substituents is 1. The highest BCUT2D eigenvalue weighted by atomic mass is 32.2. The number of aryl methyl sites for hydroxylation is 2. The van der Waals surface area contributed by atoms with Crippen molar-refractivity contribution < 1.29 is 14.5 Å². The lowest BCUT2D eigenvalue weighted by atomic mass is 10.1. The van der Waals surface area contributed by atoms with Crippen LogP contribution >= 0.6 is 11.8 Å². The SMILES string of the molecule is Cc1cccc(C(=O)Nc2ccc(SC(C(=O)Nc3ccc([N+](=O)[O-])cc3C)c3ccccc3)cc2)c1. The summed E-state index contributed by atoms with van der Waals surface area (Å²) in [4.78, 5) is 37.3. The van der Waals surface area contributed by atoms with Crippen molar-refractivity contribution in [1.29, 1.82) is 0 Å². The molecule has 2 amide bonds. The van der Waals surface area contributed by atoms with Crippen LogP contribution in [0.15, 0.2) is 102 Å². The summed E-state index contributed by atoms with van der Waals surface area (Å²) >= 11 is 1.38. The van der Waals surface area contributed by atoms with Gasteiger partial charge in [0.05, 0.1) is 4.92 Å². The van der Waals surface area contributed by atoms with Crippen molar-refractivity contribution in [3.05, 3.63) is 129 Å². The largest absolute Gasteiger partial charge is 0.325 e. The van der Waals surface area contributed by atoms with Crippen LogP contribution in [0.1, 0.15) is 32.3 Å². The molecule has 4 aromatic carbocycles. The highest BCUT2D eigenvalue weighted by Crippen LogP contribution is 2.37. The molecule has 0 heterocycles. The van der Waals surface area contributed by atoms with Gasteiger partial charge in [0.15, 0.2) is 0 Å². The summed E-state index contributed by atoms with van der Waals surface area (Å²) in [7, 11) is 0. The maximum Gasteiger partial charge on any atom is 0.269 e. The number of thioether (sulfide) groups is 1. The van der Waals surface area contributed by atoms with Gasteiger partial charge in [-0.2, -0.15) is 0 Å². The molecule has 4 aromatic rings. The summed E-state index contributed by atoms with van der Waals surface area (Å²) in [5.74, 6) is -0.436. The van der Waals surface area contributed by atoms with Crippen LogP contribution < -0.4 is 10.6 Å². The number of rotatable bonds is 8. The van der Waals surface area contributed by atoms with Crippen LogP contribution in [0.2, 0.25) is 0 Å². The number of anilines is 2. The fourth-order valence-corrected chi connectivity index (χ4v) is 4.77. The van der Waals surface area contributed by atoms with Crippen molar-refractivity contribution in [2.45, 2.75) is 24.0 Å². The van der Waals surface area contributed by atoms with E-state index in [1.165, 1.54) is 23.9 Å². The van der Waals surface area contributed by atoms with Crippen molar-refractivity contribution >= 4 is 40.6 Å². The van der Waals surface area contributed by atoms with Crippen molar-refractivity contribution in [2.75, 3.05) is 10.6 Å². The molecule has 0 aliphatic heterocycles. The lowest BCUT2D eigenvalue weighted by Crippen LogP contribution is -2.19. The minimum Gasteiger partial charge on any atom is -0.325 e. The van der Waals surface area contributed by atoms with E-state index in [0.717, 1.165) is 16.0 Å². The standard InChI is InChI=1S/C29H25N3O4S/c1-19-7-6-10-22(17-19)28(33)30-23-11-14-25(15-12-23)37-27(21-8-4-3-5-9-21)29(34)31-26-16-13-24(32(35)36)18-20(26)2/h3-18,27H,1-2H3,(H,30,33)(H,31,34). The Morgan fingerprint density at radius 2 is 1.57 bits per heavy atom. The molecule has 0 spiro atoms. The molecule has 8 heteroatoms. The molecule has 0 aliphatic rings. The Balaban J connectivity index is 1.50. The summed E-state index contributed by atoms with van der Waals surface area (Å²) in [5, 5.41) is 16.3. The Labute approximate surface area is 219 Å². The molecule has 2 N–H and O–H groups in total. The molecule has 1 atom stereocenters. The van der Waals surface area contributed by atoms with E-state index in [1.54, 1.807) is 31.2 Å². The summed E-state index contributed by atoms with van der Waals surface area (Å²) < 4.78 is 0. The average Bonchev–Trinajstić information content (AvgIpc) is 2.89. The second kappa shape index (κ2) is 11.5. The number of carbonyl (C=O) groups excluding carboxylic acids is 2. The number of nitro groups is 1. The molecule has 0 fully saturated rings. The van der Waals surface area contributed by atoms with E-state index in [2.05, 4.69) is 10.6 Å². The molecule has 0 saturated carbocycles. The van der Waals surface area contributed by atoms with Gasteiger partial charge in [-0.1, -0.05) is 48.0 Å². The lowest BCUT2D eigenvalue weighted by molar-refractivity contribution is -0.384. The molecule has 0 aromatic heterocycles. The Morgan fingerprint density at radius 1 is 0.838 bits per heavy atom. The molecule has 37 heavy (non-hydrogen) atoms. The van der Waals surface area contributed by atoms with Crippen LogP contribution in [0.3, 0.4) is 0 Å². The molecular formula is C29H25N3O4S. The molecular weight excluding hydrogens is 486 g/mol. The first-order valence-corrected chi connectivity index (χ1v) is 12.4. The second-order valence-corrected chi connectivity index (χ2v) is 9.68. The monoisotopic (exact) mass is 511 g/mol. The molecule has 4 rings (SSSR count). The van der Waals surface area contributed by atoms with E-state index < -0.39 is 10.2 Å². The maximum atomic E-state index is 13.4. The molecule has 186 valence electrons. The smallest absolute Gasteiger partial charge is 0.269 e. The second-order valence-electron chi connectivity index (χ2n) is 8.50. The van der Waals surface area contributed by atoms with Crippen LogP contribution in [0.25, 0.3) is 0 Å². The van der Waals surface area contributed by atoms with E-state index in [-0.39, 0.29) is 17.5 Å². The van der Waals surface area contributed by atoms with Gasteiger partial charge in [0.2, 0.25) is 5.91 Å². The van der Waals surface area contributed by atoms with Crippen molar-refractivity contribution in [2.24, 2.45) is 0 Å². The van der Waals surface area contributed by atoms with Gasteiger partial charge in [-0.3, -0.25) is 19.7 Å². The zero-order chi connectivity index (χ0) is 26.4. The van der Waals surface area contributed by atoms with Gasteiger partial charge in [0, 0.05) is 34.0 Å². The third kappa shape index (κ3) is 6.62. The van der Waals surface area contributed by atoms with Gasteiger partial charge >= 0.3 is 0 Å². The number of hydrogen-bond acceptors (Lipinski definition) is 5. The fourth-order valence-electron chi connectivity index (χ4n) is 3.74. The molecule has 0 radical (unpaired) electrons. The quantitative estimate of drug-likeness (QED) is 0.152. The molecule has 0 bridgehead atoms. The van der Waals surface area contributed by atoms with Crippen LogP contribution in [-0.2, 0) is 4.79 Å². The number of nitrogens with zero attached hydrogens (tertiary/aromatic N) is 1. The van der Waals surface area contributed by atoms with E-state index >= 15 is 0 Å². The van der Waals surface area contributed by atoms with Crippen LogP contribution in [0.5, 0.6) is 0 Å². The van der Waals surface area contributed by atoms with Gasteiger partial charge in [-0.05, 0) is 67.4 Å². The Kier molecular flexibility index (Phi) is 8.00. The van der Waals surface area contributed by atoms with Gasteiger partial charge in [-0.25, -0.2) is 0 Å². The van der Waals surface area contributed by atoms with Crippen LogP contribution in [0, 0.1) is 24.0 Å². The topological polar surface area (TPSA) is 101 Å². The van der Waals surface area contributed by atoms with Crippen LogP contribution in [0.4, 0.5) is 17.1 Å². The Hall–Kier alpha value is -4.43. The highest BCUT2D eigenvalue weighted by molar-refractivity contribution is 8.00. The number of hydrogen-bond donors (Lipinski definition) is 2. The first-order chi connectivity index (χ1) is 17.8. The summed E-state index contributed by atoms with van der Waals surface area (Å²) in [6.07, 6.45) is 0. The highest BCUT2D eigenvalue weighted by Gasteiger charge is 2.23. The predicted octanol–water partition coefficient (Wildman–Crippen LogP) is 6.94. The number of carbonyl (C=O) groups is 2. The zero-order valence-electron chi connectivity index (χ0n) is 20.3. The first kappa shape index (κ1) is 25.7. The third-order valence-corrected chi connectivity index (χ3v) is 6.93. The average molecular weight is 512 g/mol. The fraction of sp³-hybridized carbons (Fsp3) is 0.103. The van der Waals surface area contributed by atoms with Gasteiger partial charge in [0.25, 0.3) is 11.6 Å².